The van der Waals surface area contributed by atoms with Crippen molar-refractivity contribution in [2.75, 3.05) is 7.05 Å². The SMILES string of the molecule is CNC(Cc1cccc(F)c1)c1cc(Br)ccc1F. The number of halogens is 3. The lowest BCUT2D eigenvalue weighted by Crippen LogP contribution is -2.20. The van der Waals surface area contributed by atoms with Crippen LogP contribution in [0, 0.1) is 11.6 Å². The van der Waals surface area contributed by atoms with Crippen LogP contribution >= 0.6 is 15.9 Å². The molecule has 0 bridgehead atoms. The summed E-state index contributed by atoms with van der Waals surface area (Å²) in [5.41, 5.74) is 1.40. The van der Waals surface area contributed by atoms with E-state index in [4.69, 9.17) is 0 Å². The number of rotatable bonds is 4. The van der Waals surface area contributed by atoms with Gasteiger partial charge in [-0.1, -0.05) is 28.1 Å². The number of hydrogen-bond donors (Lipinski definition) is 1. The normalized spacial score (nSPS) is 12.4. The van der Waals surface area contributed by atoms with Crippen LogP contribution in [0.25, 0.3) is 0 Å². The smallest absolute Gasteiger partial charge is 0.128 e. The first-order chi connectivity index (χ1) is 9.10. The highest BCUT2D eigenvalue weighted by Crippen LogP contribution is 2.24. The summed E-state index contributed by atoms with van der Waals surface area (Å²) in [7, 11) is 1.77. The summed E-state index contributed by atoms with van der Waals surface area (Å²) in [5, 5.41) is 3.07. The van der Waals surface area contributed by atoms with Gasteiger partial charge in [0.1, 0.15) is 11.6 Å². The third-order valence-electron chi connectivity index (χ3n) is 3.01. The Morgan fingerprint density at radius 2 is 1.95 bits per heavy atom. The first-order valence-corrected chi connectivity index (χ1v) is 6.76. The van der Waals surface area contributed by atoms with Gasteiger partial charge in [-0.15, -0.1) is 0 Å². The Hall–Kier alpha value is -1.26. The van der Waals surface area contributed by atoms with Crippen LogP contribution < -0.4 is 5.32 Å². The zero-order chi connectivity index (χ0) is 13.8. The number of hydrogen-bond acceptors (Lipinski definition) is 1. The summed E-state index contributed by atoms with van der Waals surface area (Å²) < 4.78 is 27.8. The Labute approximate surface area is 119 Å². The molecule has 4 heteroatoms. The van der Waals surface area contributed by atoms with E-state index >= 15 is 0 Å². The fourth-order valence-electron chi connectivity index (χ4n) is 2.05. The minimum Gasteiger partial charge on any atom is -0.313 e. The molecule has 0 saturated carbocycles. The maximum absolute atomic E-state index is 13.9. The van der Waals surface area contributed by atoms with E-state index in [1.54, 1.807) is 25.2 Å². The fourth-order valence-corrected chi connectivity index (χ4v) is 2.43. The molecule has 2 rings (SSSR count). The van der Waals surface area contributed by atoms with Crippen molar-refractivity contribution in [2.24, 2.45) is 0 Å². The van der Waals surface area contributed by atoms with Gasteiger partial charge in [0.2, 0.25) is 0 Å². The Morgan fingerprint density at radius 3 is 2.63 bits per heavy atom. The third-order valence-corrected chi connectivity index (χ3v) is 3.50. The highest BCUT2D eigenvalue weighted by molar-refractivity contribution is 9.10. The lowest BCUT2D eigenvalue weighted by Gasteiger charge is -2.18. The van der Waals surface area contributed by atoms with Gasteiger partial charge in [-0.3, -0.25) is 0 Å². The van der Waals surface area contributed by atoms with E-state index in [9.17, 15) is 8.78 Å². The highest BCUT2D eigenvalue weighted by Gasteiger charge is 2.15. The maximum Gasteiger partial charge on any atom is 0.128 e. The maximum atomic E-state index is 13.9. The van der Waals surface area contributed by atoms with Crippen LogP contribution in [-0.4, -0.2) is 7.05 Å². The van der Waals surface area contributed by atoms with E-state index in [0.717, 1.165) is 10.0 Å². The van der Waals surface area contributed by atoms with E-state index < -0.39 is 0 Å². The van der Waals surface area contributed by atoms with E-state index in [1.807, 2.05) is 6.07 Å². The van der Waals surface area contributed by atoms with Crippen molar-refractivity contribution in [3.05, 3.63) is 69.7 Å². The molecule has 0 amide bonds. The van der Waals surface area contributed by atoms with Crippen molar-refractivity contribution >= 4 is 15.9 Å². The molecule has 19 heavy (non-hydrogen) atoms. The van der Waals surface area contributed by atoms with Gasteiger partial charge < -0.3 is 5.32 Å². The van der Waals surface area contributed by atoms with Gasteiger partial charge in [0, 0.05) is 16.1 Å². The predicted molar refractivity (Wildman–Crippen MR) is 76.0 cm³/mol. The quantitative estimate of drug-likeness (QED) is 0.887. The summed E-state index contributed by atoms with van der Waals surface area (Å²) in [6.45, 7) is 0. The van der Waals surface area contributed by atoms with Crippen LogP contribution in [0.1, 0.15) is 17.2 Å². The molecule has 2 aromatic carbocycles. The van der Waals surface area contributed by atoms with Crippen molar-refractivity contribution in [1.29, 1.82) is 0 Å². The number of likely N-dealkylation sites (N-methyl/N-ethyl adjacent to an activating group) is 1. The van der Waals surface area contributed by atoms with Crippen molar-refractivity contribution in [3.63, 3.8) is 0 Å². The van der Waals surface area contributed by atoms with Crippen LogP contribution in [0.5, 0.6) is 0 Å². The molecule has 1 unspecified atom stereocenters. The largest absolute Gasteiger partial charge is 0.313 e. The summed E-state index contributed by atoms with van der Waals surface area (Å²) in [5.74, 6) is -0.541. The number of nitrogens with one attached hydrogen (secondary N) is 1. The lowest BCUT2D eigenvalue weighted by molar-refractivity contribution is 0.532. The first-order valence-electron chi connectivity index (χ1n) is 5.97. The molecule has 0 saturated heterocycles. The minimum atomic E-state index is -0.276. The Kier molecular flexibility index (Phi) is 4.66. The van der Waals surface area contributed by atoms with Crippen LogP contribution in [0.2, 0.25) is 0 Å². The topological polar surface area (TPSA) is 12.0 Å². The van der Waals surface area contributed by atoms with Gasteiger partial charge in [-0.05, 0) is 49.4 Å². The second kappa shape index (κ2) is 6.26. The van der Waals surface area contributed by atoms with E-state index in [1.165, 1.54) is 18.2 Å². The van der Waals surface area contributed by atoms with Crippen molar-refractivity contribution < 1.29 is 8.78 Å². The second-order valence-corrected chi connectivity index (χ2v) is 5.26. The predicted octanol–water partition coefficient (Wildman–Crippen LogP) is 4.23. The molecular formula is C15H14BrF2N. The van der Waals surface area contributed by atoms with Gasteiger partial charge in [-0.25, -0.2) is 8.78 Å². The van der Waals surface area contributed by atoms with Gasteiger partial charge >= 0.3 is 0 Å². The minimum absolute atomic E-state index is 0.195. The molecule has 0 aromatic heterocycles. The second-order valence-electron chi connectivity index (χ2n) is 4.34. The van der Waals surface area contributed by atoms with Gasteiger partial charge in [0.15, 0.2) is 0 Å². The van der Waals surface area contributed by atoms with Crippen LogP contribution in [0.15, 0.2) is 46.9 Å². The van der Waals surface area contributed by atoms with Crippen LogP contribution in [-0.2, 0) is 6.42 Å². The molecule has 0 aliphatic heterocycles. The zero-order valence-electron chi connectivity index (χ0n) is 10.5. The standard InChI is InChI=1S/C15H14BrF2N/c1-19-15(8-10-3-2-4-12(17)7-10)13-9-11(16)5-6-14(13)18/h2-7,9,15,19H,8H2,1H3. The molecule has 1 N–H and O–H groups in total. The summed E-state index contributed by atoms with van der Waals surface area (Å²) >= 11 is 3.34. The first kappa shape index (κ1) is 14.2. The van der Waals surface area contributed by atoms with Crippen LogP contribution in [0.4, 0.5) is 8.78 Å². The summed E-state index contributed by atoms with van der Waals surface area (Å²) in [6.07, 6.45) is 0.529. The molecule has 0 radical (unpaired) electrons. The monoisotopic (exact) mass is 325 g/mol. The highest BCUT2D eigenvalue weighted by atomic mass is 79.9. The summed E-state index contributed by atoms with van der Waals surface area (Å²) in [4.78, 5) is 0. The molecule has 0 aliphatic rings. The molecule has 0 spiro atoms. The van der Waals surface area contributed by atoms with E-state index in [2.05, 4.69) is 21.2 Å². The average Bonchev–Trinajstić information content (AvgIpc) is 2.39. The summed E-state index contributed by atoms with van der Waals surface area (Å²) in [6, 6.07) is 11.0. The van der Waals surface area contributed by atoms with Crippen molar-refractivity contribution in [1.82, 2.24) is 5.32 Å². The average molecular weight is 326 g/mol. The van der Waals surface area contributed by atoms with Crippen LogP contribution in [0.3, 0.4) is 0 Å². The Morgan fingerprint density at radius 1 is 1.16 bits per heavy atom. The van der Waals surface area contributed by atoms with Gasteiger partial charge in [0.25, 0.3) is 0 Å². The molecule has 0 heterocycles. The molecule has 0 fully saturated rings. The Balaban J connectivity index is 2.27. The molecular weight excluding hydrogens is 312 g/mol. The van der Waals surface area contributed by atoms with Gasteiger partial charge in [0.05, 0.1) is 0 Å². The zero-order valence-corrected chi connectivity index (χ0v) is 12.0. The fraction of sp³-hybridized carbons (Fsp3) is 0.200. The third kappa shape index (κ3) is 3.61. The Bertz CT molecular complexity index is 572. The van der Waals surface area contributed by atoms with Crippen molar-refractivity contribution in [2.45, 2.75) is 12.5 Å². The van der Waals surface area contributed by atoms with Crippen molar-refractivity contribution in [3.8, 4) is 0 Å². The van der Waals surface area contributed by atoms with E-state index in [-0.39, 0.29) is 17.7 Å². The molecule has 2 aromatic rings. The van der Waals surface area contributed by atoms with Gasteiger partial charge in [-0.2, -0.15) is 0 Å². The molecule has 0 aliphatic carbocycles. The van der Waals surface area contributed by atoms with E-state index in [0.29, 0.717) is 12.0 Å². The molecule has 1 nitrogen and oxygen atoms in total. The number of benzene rings is 2. The lowest BCUT2D eigenvalue weighted by atomic mass is 9.98. The molecule has 1 atom stereocenters. The molecule has 100 valence electrons.